The molecule has 1 aromatic carbocycles. The van der Waals surface area contributed by atoms with Gasteiger partial charge in [-0.15, -0.1) is 0 Å². The number of nitrogens with one attached hydrogen (secondary N) is 2. The van der Waals surface area contributed by atoms with Gasteiger partial charge in [0.1, 0.15) is 11.5 Å². The summed E-state index contributed by atoms with van der Waals surface area (Å²) in [6.45, 7) is 0. The lowest BCUT2D eigenvalue weighted by atomic mass is 9.83. The zero-order valence-electron chi connectivity index (χ0n) is 20.8. The predicted molar refractivity (Wildman–Crippen MR) is 130 cm³/mol. The Hall–Kier alpha value is -3.75. The number of fused-ring (bicyclic) bond motifs is 3. The number of halogens is 10. The van der Waals surface area contributed by atoms with E-state index in [0.717, 1.165) is 22.8 Å². The summed E-state index contributed by atoms with van der Waals surface area (Å²) in [5.74, 6) is -6.88. The van der Waals surface area contributed by atoms with Crippen LogP contribution in [0.3, 0.4) is 0 Å². The van der Waals surface area contributed by atoms with Gasteiger partial charge in [0, 0.05) is 28.7 Å². The van der Waals surface area contributed by atoms with Gasteiger partial charge in [-0.05, 0) is 49.1 Å². The Labute approximate surface area is 235 Å². The molecule has 4 atom stereocenters. The maximum absolute atomic E-state index is 13.7. The van der Waals surface area contributed by atoms with Crippen LogP contribution in [-0.4, -0.2) is 33.6 Å². The molecule has 2 fully saturated rings. The minimum Gasteiger partial charge on any atom is -0.348 e. The van der Waals surface area contributed by atoms with Gasteiger partial charge in [0.15, 0.2) is 0 Å². The first-order chi connectivity index (χ1) is 19.5. The van der Waals surface area contributed by atoms with E-state index in [2.05, 4.69) is 15.7 Å². The number of hydrogen-bond acceptors (Lipinski definition) is 3. The average Bonchev–Trinajstić information content (AvgIpc) is 3.54. The number of pyridine rings is 1. The van der Waals surface area contributed by atoms with Gasteiger partial charge < -0.3 is 10.6 Å². The molecule has 2 aliphatic carbocycles. The molecule has 0 aliphatic heterocycles. The van der Waals surface area contributed by atoms with Gasteiger partial charge in [-0.2, -0.15) is 31.4 Å². The van der Waals surface area contributed by atoms with E-state index in [1.54, 1.807) is 0 Å². The minimum absolute atomic E-state index is 0.0471. The molecule has 16 heteroatoms. The van der Waals surface area contributed by atoms with Crippen LogP contribution >= 0.6 is 11.6 Å². The molecule has 2 saturated carbocycles. The predicted octanol–water partition coefficient (Wildman–Crippen LogP) is 6.97. The maximum Gasteiger partial charge on any atom is 0.419 e. The average molecular weight is 625 g/mol. The van der Waals surface area contributed by atoms with Gasteiger partial charge in [-0.3, -0.25) is 9.59 Å². The zero-order valence-corrected chi connectivity index (χ0v) is 21.6. The molecular formula is C26H18ClF9N4O2. The van der Waals surface area contributed by atoms with Gasteiger partial charge >= 0.3 is 12.4 Å². The Morgan fingerprint density at radius 3 is 2.38 bits per heavy atom. The molecule has 224 valence electrons. The lowest BCUT2D eigenvalue weighted by molar-refractivity contribution is -0.140. The Bertz CT molecular complexity index is 1600. The summed E-state index contributed by atoms with van der Waals surface area (Å²) in [6, 6.07) is 2.57. The van der Waals surface area contributed by atoms with Crippen molar-refractivity contribution in [3.05, 3.63) is 75.8 Å². The second-order valence-corrected chi connectivity index (χ2v) is 10.4. The molecule has 2 bridgehead atoms. The number of amides is 2. The molecule has 2 heterocycles. The van der Waals surface area contributed by atoms with Crippen molar-refractivity contribution in [1.29, 1.82) is 0 Å². The van der Waals surface area contributed by atoms with Crippen LogP contribution in [0.15, 0.2) is 48.2 Å². The molecule has 0 spiro atoms. The summed E-state index contributed by atoms with van der Waals surface area (Å²) in [6.07, 6.45) is -11.6. The molecule has 2 aromatic heterocycles. The number of hydrogen-bond donors (Lipinski definition) is 2. The van der Waals surface area contributed by atoms with Crippen LogP contribution in [0.25, 0.3) is 5.52 Å². The van der Waals surface area contributed by atoms with E-state index in [1.807, 2.05) is 0 Å². The Morgan fingerprint density at radius 1 is 1.05 bits per heavy atom. The summed E-state index contributed by atoms with van der Waals surface area (Å²) in [7, 11) is 0. The zero-order chi connectivity index (χ0) is 30.7. The van der Waals surface area contributed by atoms with Crippen molar-refractivity contribution in [1.82, 2.24) is 14.9 Å². The summed E-state index contributed by atoms with van der Waals surface area (Å²) in [4.78, 5) is 26.7. The van der Waals surface area contributed by atoms with Crippen LogP contribution in [-0.2, 0) is 11.0 Å². The third kappa shape index (κ3) is 5.53. The molecular weight excluding hydrogens is 607 g/mol. The first-order valence-corrected chi connectivity index (χ1v) is 12.7. The van der Waals surface area contributed by atoms with E-state index in [1.165, 1.54) is 6.07 Å². The molecule has 2 amide bonds. The highest BCUT2D eigenvalue weighted by molar-refractivity contribution is 6.31. The number of benzene rings is 1. The number of allylic oxidation sites excluding steroid dienone is 1. The normalized spacial score (nSPS) is 23.3. The monoisotopic (exact) mass is 624 g/mol. The highest BCUT2D eigenvalue weighted by atomic mass is 35.5. The molecule has 0 saturated heterocycles. The van der Waals surface area contributed by atoms with Crippen molar-refractivity contribution >= 4 is 34.6 Å². The fourth-order valence-electron chi connectivity index (χ4n) is 5.86. The van der Waals surface area contributed by atoms with E-state index < -0.39 is 77.1 Å². The summed E-state index contributed by atoms with van der Waals surface area (Å²) in [5.41, 5.74) is -3.29. The standard InChI is InChI=1S/C26H18ClF9N4O2/c27-10-5-18-15(9-37-40(18)19(6-10)22(29)30)23(41)39-21-13-3-2-12(14(13)8-25(31,32)33)20(21)24(42)38-11-1-4-17(28)16(7-11)26(34,35)36/h1,4-9,12-13,20-22H,2-3H2,(H,38,42)(H,39,41)/b14-8-/t12?,13?,20-,21+/m0/s1. The summed E-state index contributed by atoms with van der Waals surface area (Å²) in [5, 5.41) is 8.37. The molecule has 42 heavy (non-hydrogen) atoms. The molecule has 6 nitrogen and oxygen atoms in total. The first kappa shape index (κ1) is 29.7. The SMILES string of the molecule is O=C(N[C@@H]1C2CCC(/C2=C/C(F)(F)F)[C@@H]1C(=O)Nc1ccc(F)c(C(F)(F)F)c1)c1cnn2c(C(F)F)cc(Cl)cc12. The fourth-order valence-corrected chi connectivity index (χ4v) is 6.08. The maximum atomic E-state index is 13.7. The number of alkyl halides is 8. The fraction of sp³-hybridized carbons (Fsp3) is 0.346. The van der Waals surface area contributed by atoms with Crippen LogP contribution in [0.5, 0.6) is 0 Å². The highest BCUT2D eigenvalue weighted by Crippen LogP contribution is 2.54. The van der Waals surface area contributed by atoms with Crippen LogP contribution in [0, 0.1) is 23.6 Å². The lowest BCUT2D eigenvalue weighted by Gasteiger charge is -2.30. The molecule has 3 aromatic rings. The van der Waals surface area contributed by atoms with Crippen LogP contribution in [0.2, 0.25) is 5.02 Å². The highest BCUT2D eigenvalue weighted by Gasteiger charge is 2.55. The first-order valence-electron chi connectivity index (χ1n) is 12.3. The van der Waals surface area contributed by atoms with Crippen molar-refractivity contribution in [2.45, 2.75) is 37.7 Å². The van der Waals surface area contributed by atoms with Crippen LogP contribution < -0.4 is 10.6 Å². The van der Waals surface area contributed by atoms with Crippen LogP contribution in [0.1, 0.15) is 40.9 Å². The van der Waals surface area contributed by atoms with Gasteiger partial charge in [0.05, 0.1) is 28.8 Å². The van der Waals surface area contributed by atoms with Gasteiger partial charge in [-0.25, -0.2) is 17.7 Å². The summed E-state index contributed by atoms with van der Waals surface area (Å²) >= 11 is 5.93. The van der Waals surface area contributed by atoms with E-state index in [9.17, 15) is 49.1 Å². The second kappa shape index (κ2) is 10.5. The van der Waals surface area contributed by atoms with Crippen molar-refractivity contribution in [3.8, 4) is 0 Å². The molecule has 0 radical (unpaired) electrons. The minimum atomic E-state index is -5.09. The van der Waals surface area contributed by atoms with E-state index in [0.29, 0.717) is 12.1 Å². The number of aromatic nitrogens is 2. The topological polar surface area (TPSA) is 75.5 Å². The number of anilines is 1. The van der Waals surface area contributed by atoms with Crippen molar-refractivity contribution in [3.63, 3.8) is 0 Å². The molecule has 2 aliphatic rings. The second-order valence-electron chi connectivity index (χ2n) is 9.94. The third-order valence-electron chi connectivity index (χ3n) is 7.45. The van der Waals surface area contributed by atoms with Gasteiger partial charge in [-0.1, -0.05) is 17.2 Å². The quantitative estimate of drug-likeness (QED) is 0.238. The smallest absolute Gasteiger partial charge is 0.348 e. The van der Waals surface area contributed by atoms with Crippen molar-refractivity contribution < 1.29 is 49.1 Å². The molecule has 2 N–H and O–H groups in total. The largest absolute Gasteiger partial charge is 0.419 e. The number of carbonyl (C=O) groups is 2. The Kier molecular flexibility index (Phi) is 7.44. The van der Waals surface area contributed by atoms with E-state index in [4.69, 9.17) is 11.6 Å². The number of rotatable bonds is 5. The van der Waals surface area contributed by atoms with Gasteiger partial charge in [0.25, 0.3) is 12.3 Å². The summed E-state index contributed by atoms with van der Waals surface area (Å²) < 4.78 is 121. The van der Waals surface area contributed by atoms with E-state index in [-0.39, 0.29) is 40.6 Å². The van der Waals surface area contributed by atoms with E-state index >= 15 is 0 Å². The van der Waals surface area contributed by atoms with Crippen molar-refractivity contribution in [2.75, 3.05) is 5.32 Å². The number of carbonyl (C=O) groups excluding carboxylic acids is 2. The van der Waals surface area contributed by atoms with Gasteiger partial charge in [0.2, 0.25) is 5.91 Å². The third-order valence-corrected chi connectivity index (χ3v) is 7.67. The molecule has 2 unspecified atom stereocenters. The Balaban J connectivity index is 1.49. The molecule has 5 rings (SSSR count). The number of nitrogens with zero attached hydrogens (tertiary/aromatic N) is 2. The Morgan fingerprint density at radius 2 is 1.74 bits per heavy atom. The van der Waals surface area contributed by atoms with Crippen LogP contribution in [0.4, 0.5) is 45.2 Å². The van der Waals surface area contributed by atoms with Crippen molar-refractivity contribution in [2.24, 2.45) is 17.8 Å². The lowest BCUT2D eigenvalue weighted by Crippen LogP contribution is -2.48.